The molecule has 98 valence electrons. The van der Waals surface area contributed by atoms with Crippen LogP contribution in [0.2, 0.25) is 0 Å². The molecule has 1 spiro atoms. The predicted octanol–water partition coefficient (Wildman–Crippen LogP) is 2.64. The van der Waals surface area contributed by atoms with Gasteiger partial charge in [-0.05, 0) is 69.6 Å². The topological polar surface area (TPSA) is 15.3 Å². The molecule has 1 N–H and O–H groups in total. The van der Waals surface area contributed by atoms with E-state index in [2.05, 4.69) is 10.2 Å². The van der Waals surface area contributed by atoms with Gasteiger partial charge in [0.1, 0.15) is 0 Å². The Kier molecular flexibility index (Phi) is 3.72. The molecule has 3 aliphatic rings. The zero-order chi connectivity index (χ0) is 11.6. The second kappa shape index (κ2) is 5.27. The van der Waals surface area contributed by atoms with Crippen LogP contribution in [0.3, 0.4) is 0 Å². The largest absolute Gasteiger partial charge is 0.316 e. The SMILES string of the molecule is C1CCC2(CC1)CCN(CC1CCNC1)CC2. The normalized spacial score (nSPS) is 34.2. The smallest absolute Gasteiger partial charge is 0.00223 e. The van der Waals surface area contributed by atoms with Crippen molar-refractivity contribution < 1.29 is 0 Å². The van der Waals surface area contributed by atoms with Crippen molar-refractivity contribution in [2.75, 3.05) is 32.7 Å². The minimum Gasteiger partial charge on any atom is -0.316 e. The van der Waals surface area contributed by atoms with Gasteiger partial charge in [0.2, 0.25) is 0 Å². The van der Waals surface area contributed by atoms with E-state index in [4.69, 9.17) is 0 Å². The molecule has 17 heavy (non-hydrogen) atoms. The predicted molar refractivity (Wildman–Crippen MR) is 72.2 cm³/mol. The van der Waals surface area contributed by atoms with E-state index in [1.165, 1.54) is 84.1 Å². The van der Waals surface area contributed by atoms with Crippen molar-refractivity contribution in [1.82, 2.24) is 10.2 Å². The first-order valence-electron chi connectivity index (χ1n) is 7.79. The van der Waals surface area contributed by atoms with Crippen molar-refractivity contribution in [2.45, 2.75) is 51.4 Å². The molecule has 2 saturated heterocycles. The number of nitrogens with zero attached hydrogens (tertiary/aromatic N) is 1. The number of hydrogen-bond acceptors (Lipinski definition) is 2. The third kappa shape index (κ3) is 2.85. The fourth-order valence-electron chi connectivity index (χ4n) is 4.25. The Bertz CT molecular complexity index is 229. The standard InChI is InChI=1S/C15H28N2/c1-2-5-15(6-3-1)7-10-17(11-8-15)13-14-4-9-16-12-14/h14,16H,1-13H2. The first-order valence-corrected chi connectivity index (χ1v) is 7.79. The Morgan fingerprint density at radius 1 is 1.00 bits per heavy atom. The Labute approximate surface area is 106 Å². The number of piperidine rings is 1. The molecular formula is C15H28N2. The zero-order valence-electron chi connectivity index (χ0n) is 11.2. The highest BCUT2D eigenvalue weighted by molar-refractivity contribution is 4.89. The van der Waals surface area contributed by atoms with Crippen LogP contribution < -0.4 is 5.32 Å². The molecule has 1 aliphatic carbocycles. The van der Waals surface area contributed by atoms with Crippen LogP contribution in [0.5, 0.6) is 0 Å². The van der Waals surface area contributed by atoms with Crippen LogP contribution in [0.1, 0.15) is 51.4 Å². The van der Waals surface area contributed by atoms with Crippen LogP contribution in [-0.4, -0.2) is 37.6 Å². The minimum absolute atomic E-state index is 0.780. The summed E-state index contributed by atoms with van der Waals surface area (Å²) in [5.74, 6) is 0.940. The Morgan fingerprint density at radius 3 is 2.41 bits per heavy atom. The fraction of sp³-hybridized carbons (Fsp3) is 1.00. The lowest BCUT2D eigenvalue weighted by molar-refractivity contribution is 0.0611. The summed E-state index contributed by atoms with van der Waals surface area (Å²) in [5.41, 5.74) is 0.780. The molecule has 1 unspecified atom stereocenters. The van der Waals surface area contributed by atoms with Gasteiger partial charge >= 0.3 is 0 Å². The van der Waals surface area contributed by atoms with Gasteiger partial charge in [-0.3, -0.25) is 0 Å². The second-order valence-corrected chi connectivity index (χ2v) is 6.72. The highest BCUT2D eigenvalue weighted by Gasteiger charge is 2.35. The Morgan fingerprint density at radius 2 is 1.76 bits per heavy atom. The van der Waals surface area contributed by atoms with Gasteiger partial charge in [0.25, 0.3) is 0 Å². The number of nitrogens with one attached hydrogen (secondary N) is 1. The second-order valence-electron chi connectivity index (χ2n) is 6.72. The quantitative estimate of drug-likeness (QED) is 0.793. The maximum atomic E-state index is 3.49. The molecule has 1 saturated carbocycles. The lowest BCUT2D eigenvalue weighted by Crippen LogP contribution is -2.43. The third-order valence-electron chi connectivity index (χ3n) is 5.51. The van der Waals surface area contributed by atoms with Gasteiger partial charge in [-0.25, -0.2) is 0 Å². The molecule has 2 heteroatoms. The van der Waals surface area contributed by atoms with Crippen LogP contribution in [0, 0.1) is 11.3 Å². The first kappa shape index (κ1) is 12.0. The Hall–Kier alpha value is -0.0800. The van der Waals surface area contributed by atoms with E-state index < -0.39 is 0 Å². The van der Waals surface area contributed by atoms with Gasteiger partial charge in [0, 0.05) is 6.54 Å². The Balaban J connectivity index is 1.46. The van der Waals surface area contributed by atoms with Crippen LogP contribution in [0.25, 0.3) is 0 Å². The highest BCUT2D eigenvalue weighted by Crippen LogP contribution is 2.44. The van der Waals surface area contributed by atoms with E-state index in [-0.39, 0.29) is 0 Å². The first-order chi connectivity index (χ1) is 8.36. The zero-order valence-corrected chi connectivity index (χ0v) is 11.2. The summed E-state index contributed by atoms with van der Waals surface area (Å²) < 4.78 is 0. The number of hydrogen-bond donors (Lipinski definition) is 1. The molecule has 2 aliphatic heterocycles. The van der Waals surface area contributed by atoms with Crippen molar-refractivity contribution in [3.8, 4) is 0 Å². The summed E-state index contributed by atoms with van der Waals surface area (Å²) in [6.07, 6.45) is 12.0. The molecule has 0 radical (unpaired) electrons. The van der Waals surface area contributed by atoms with Crippen molar-refractivity contribution in [1.29, 1.82) is 0 Å². The maximum Gasteiger partial charge on any atom is 0.00223 e. The fourth-order valence-corrected chi connectivity index (χ4v) is 4.25. The van der Waals surface area contributed by atoms with Crippen molar-refractivity contribution in [3.05, 3.63) is 0 Å². The molecule has 2 heterocycles. The van der Waals surface area contributed by atoms with Gasteiger partial charge in [0.05, 0.1) is 0 Å². The third-order valence-corrected chi connectivity index (χ3v) is 5.51. The van der Waals surface area contributed by atoms with Crippen molar-refractivity contribution in [3.63, 3.8) is 0 Å². The monoisotopic (exact) mass is 236 g/mol. The molecule has 0 aromatic heterocycles. The summed E-state index contributed by atoms with van der Waals surface area (Å²) in [4.78, 5) is 2.75. The highest BCUT2D eigenvalue weighted by atomic mass is 15.1. The average Bonchev–Trinajstić information content (AvgIpc) is 2.87. The summed E-state index contributed by atoms with van der Waals surface area (Å²) in [6, 6.07) is 0. The molecule has 0 aromatic carbocycles. The maximum absolute atomic E-state index is 3.49. The van der Waals surface area contributed by atoms with Crippen molar-refractivity contribution in [2.24, 2.45) is 11.3 Å². The lowest BCUT2D eigenvalue weighted by atomic mass is 9.68. The number of likely N-dealkylation sites (tertiary alicyclic amines) is 1. The molecule has 2 nitrogen and oxygen atoms in total. The van der Waals surface area contributed by atoms with Gasteiger partial charge in [-0.15, -0.1) is 0 Å². The molecule has 1 atom stereocenters. The van der Waals surface area contributed by atoms with E-state index in [0.717, 1.165) is 11.3 Å². The van der Waals surface area contributed by atoms with E-state index in [1.807, 2.05) is 0 Å². The minimum atomic E-state index is 0.780. The van der Waals surface area contributed by atoms with E-state index in [1.54, 1.807) is 0 Å². The molecule has 0 bridgehead atoms. The summed E-state index contributed by atoms with van der Waals surface area (Å²) in [6.45, 7) is 6.65. The van der Waals surface area contributed by atoms with Gasteiger partial charge in [-0.1, -0.05) is 19.3 Å². The molecule has 3 fully saturated rings. The molecule has 0 amide bonds. The average molecular weight is 236 g/mol. The van der Waals surface area contributed by atoms with Crippen LogP contribution in [0.4, 0.5) is 0 Å². The van der Waals surface area contributed by atoms with Crippen LogP contribution in [0.15, 0.2) is 0 Å². The van der Waals surface area contributed by atoms with Crippen LogP contribution in [-0.2, 0) is 0 Å². The van der Waals surface area contributed by atoms with Gasteiger partial charge in [-0.2, -0.15) is 0 Å². The molecule has 0 aromatic rings. The lowest BCUT2D eigenvalue weighted by Gasteiger charge is -2.44. The van der Waals surface area contributed by atoms with Crippen molar-refractivity contribution >= 4 is 0 Å². The summed E-state index contributed by atoms with van der Waals surface area (Å²) in [7, 11) is 0. The molecule has 3 rings (SSSR count). The van der Waals surface area contributed by atoms with Gasteiger partial charge in [0.15, 0.2) is 0 Å². The summed E-state index contributed by atoms with van der Waals surface area (Å²) in [5, 5.41) is 3.49. The number of rotatable bonds is 2. The van der Waals surface area contributed by atoms with Crippen LogP contribution >= 0.6 is 0 Å². The van der Waals surface area contributed by atoms with E-state index >= 15 is 0 Å². The summed E-state index contributed by atoms with van der Waals surface area (Å²) >= 11 is 0. The van der Waals surface area contributed by atoms with E-state index in [9.17, 15) is 0 Å². The molecular weight excluding hydrogens is 208 g/mol. The van der Waals surface area contributed by atoms with Gasteiger partial charge < -0.3 is 10.2 Å². The van der Waals surface area contributed by atoms with E-state index in [0.29, 0.717) is 0 Å².